The van der Waals surface area contributed by atoms with E-state index in [1.54, 1.807) is 0 Å². The molecule has 0 aliphatic rings. The SMILES string of the molecule is Nc1noc2c(F)c(CN(C(=O)O)C(=O)O)ccc12. The van der Waals surface area contributed by atoms with Gasteiger partial charge in [-0.25, -0.2) is 18.9 Å². The van der Waals surface area contributed by atoms with E-state index in [1.807, 2.05) is 0 Å². The van der Waals surface area contributed by atoms with Crippen molar-refractivity contribution < 1.29 is 28.7 Å². The topological polar surface area (TPSA) is 130 Å². The molecule has 2 rings (SSSR count). The molecule has 2 aromatic rings. The van der Waals surface area contributed by atoms with Crippen LogP contribution in [0.15, 0.2) is 16.7 Å². The van der Waals surface area contributed by atoms with Crippen LogP contribution in [0.5, 0.6) is 0 Å². The molecule has 0 saturated carbocycles. The van der Waals surface area contributed by atoms with Crippen LogP contribution >= 0.6 is 0 Å². The van der Waals surface area contributed by atoms with Crippen molar-refractivity contribution in [2.75, 3.05) is 5.73 Å². The monoisotopic (exact) mass is 269 g/mol. The lowest BCUT2D eigenvalue weighted by Crippen LogP contribution is -2.34. The lowest BCUT2D eigenvalue weighted by Gasteiger charge is -2.13. The predicted molar refractivity (Wildman–Crippen MR) is 60.0 cm³/mol. The van der Waals surface area contributed by atoms with E-state index in [4.69, 9.17) is 15.9 Å². The smallest absolute Gasteiger partial charge is 0.417 e. The Bertz CT molecular complexity index is 654. The van der Waals surface area contributed by atoms with Crippen LogP contribution in [0.1, 0.15) is 5.56 Å². The van der Waals surface area contributed by atoms with Crippen molar-refractivity contribution in [2.45, 2.75) is 6.54 Å². The minimum atomic E-state index is -1.70. The third-order valence-electron chi connectivity index (χ3n) is 2.48. The molecule has 1 aromatic carbocycles. The van der Waals surface area contributed by atoms with Crippen LogP contribution in [-0.2, 0) is 6.54 Å². The van der Waals surface area contributed by atoms with Crippen LogP contribution in [0.2, 0.25) is 0 Å². The zero-order valence-electron chi connectivity index (χ0n) is 9.33. The Kier molecular flexibility index (Phi) is 2.95. The van der Waals surface area contributed by atoms with Crippen molar-refractivity contribution in [3.63, 3.8) is 0 Å². The molecular formula is C10H8FN3O5. The number of halogens is 1. The van der Waals surface area contributed by atoms with Gasteiger partial charge in [-0.1, -0.05) is 11.2 Å². The molecule has 19 heavy (non-hydrogen) atoms. The zero-order chi connectivity index (χ0) is 14.2. The summed E-state index contributed by atoms with van der Waals surface area (Å²) in [5.74, 6) is -0.900. The first-order valence-electron chi connectivity index (χ1n) is 4.97. The molecule has 0 unspecified atom stereocenters. The van der Waals surface area contributed by atoms with E-state index in [2.05, 4.69) is 9.68 Å². The second kappa shape index (κ2) is 4.44. The molecule has 0 aliphatic carbocycles. The summed E-state index contributed by atoms with van der Waals surface area (Å²) in [6.45, 7) is -0.660. The Hall–Kier alpha value is -2.84. The summed E-state index contributed by atoms with van der Waals surface area (Å²) in [6, 6.07) is 2.60. The molecule has 1 heterocycles. The van der Waals surface area contributed by atoms with Crippen molar-refractivity contribution >= 4 is 29.0 Å². The number of hydrogen-bond donors (Lipinski definition) is 3. The molecule has 0 spiro atoms. The van der Waals surface area contributed by atoms with E-state index in [0.29, 0.717) is 0 Å². The number of carboxylic acid groups (broad SMARTS) is 2. The van der Waals surface area contributed by atoms with Gasteiger partial charge >= 0.3 is 12.2 Å². The molecule has 0 aliphatic heterocycles. The molecule has 9 heteroatoms. The normalized spacial score (nSPS) is 10.6. The molecule has 0 atom stereocenters. The first-order valence-corrected chi connectivity index (χ1v) is 4.97. The number of fused-ring (bicyclic) bond motifs is 1. The fourth-order valence-electron chi connectivity index (χ4n) is 1.54. The second-order valence-electron chi connectivity index (χ2n) is 3.63. The summed E-state index contributed by atoms with van der Waals surface area (Å²) in [4.78, 5) is 21.4. The number of aromatic nitrogens is 1. The minimum absolute atomic E-state index is 0.00576. The summed E-state index contributed by atoms with van der Waals surface area (Å²) in [5, 5.41) is 21.0. The van der Waals surface area contributed by atoms with Crippen molar-refractivity contribution in [3.8, 4) is 0 Å². The Balaban J connectivity index is 2.43. The number of amides is 2. The lowest BCUT2D eigenvalue weighted by atomic mass is 10.1. The Morgan fingerprint density at radius 3 is 2.58 bits per heavy atom. The third kappa shape index (κ3) is 2.12. The first kappa shape index (κ1) is 12.6. The summed E-state index contributed by atoms with van der Waals surface area (Å²) in [7, 11) is 0. The Morgan fingerprint density at radius 1 is 1.37 bits per heavy atom. The summed E-state index contributed by atoms with van der Waals surface area (Å²) in [6.07, 6.45) is -3.41. The minimum Gasteiger partial charge on any atom is -0.465 e. The lowest BCUT2D eigenvalue weighted by molar-refractivity contribution is 0.120. The Morgan fingerprint density at radius 2 is 2.00 bits per heavy atom. The van der Waals surface area contributed by atoms with E-state index >= 15 is 0 Å². The number of imide groups is 1. The largest absolute Gasteiger partial charge is 0.465 e. The number of benzene rings is 1. The van der Waals surface area contributed by atoms with E-state index < -0.39 is 24.5 Å². The van der Waals surface area contributed by atoms with Crippen LogP contribution in [-0.4, -0.2) is 32.5 Å². The second-order valence-corrected chi connectivity index (χ2v) is 3.63. The van der Waals surface area contributed by atoms with Crippen molar-refractivity contribution in [1.82, 2.24) is 10.1 Å². The maximum atomic E-state index is 14.0. The predicted octanol–water partition coefficient (Wildman–Crippen LogP) is 1.71. The van der Waals surface area contributed by atoms with E-state index in [-0.39, 0.29) is 27.3 Å². The number of nitrogen functional groups attached to an aromatic ring is 1. The number of rotatable bonds is 2. The zero-order valence-corrected chi connectivity index (χ0v) is 9.33. The summed E-state index contributed by atoms with van der Waals surface area (Å²) in [5.41, 5.74) is 5.02. The van der Waals surface area contributed by atoms with Gasteiger partial charge in [-0.15, -0.1) is 0 Å². The molecule has 0 saturated heterocycles. The fourth-order valence-corrected chi connectivity index (χ4v) is 1.54. The van der Waals surface area contributed by atoms with Crippen LogP contribution in [0.3, 0.4) is 0 Å². The van der Waals surface area contributed by atoms with Crippen LogP contribution in [0.25, 0.3) is 11.0 Å². The van der Waals surface area contributed by atoms with Gasteiger partial charge in [-0.2, -0.15) is 0 Å². The Labute approximate surface area is 104 Å². The standard InChI is InChI=1S/C10H8FN3O5/c11-6-4(3-14(9(15)16)10(17)18)1-2-5-7(6)19-13-8(5)12/h1-2H,3H2,(H2,12,13)(H,15,16)(H,17,18). The molecule has 8 nitrogen and oxygen atoms in total. The van der Waals surface area contributed by atoms with Crippen molar-refractivity contribution in [1.29, 1.82) is 0 Å². The molecule has 1 aromatic heterocycles. The van der Waals surface area contributed by atoms with Gasteiger partial charge in [0.15, 0.2) is 11.6 Å². The van der Waals surface area contributed by atoms with Crippen LogP contribution < -0.4 is 5.73 Å². The highest BCUT2D eigenvalue weighted by Gasteiger charge is 2.23. The molecule has 0 bridgehead atoms. The van der Waals surface area contributed by atoms with E-state index in [0.717, 1.165) is 0 Å². The average Bonchev–Trinajstić information content (AvgIpc) is 2.70. The average molecular weight is 269 g/mol. The first-order chi connectivity index (χ1) is 8.91. The highest BCUT2D eigenvalue weighted by Crippen LogP contribution is 2.26. The number of nitrogens with two attached hydrogens (primary N) is 1. The summed E-state index contributed by atoms with van der Waals surface area (Å²) >= 11 is 0. The molecular weight excluding hydrogens is 261 g/mol. The number of hydrogen-bond acceptors (Lipinski definition) is 5. The van der Waals surface area contributed by atoms with Gasteiger partial charge in [0, 0.05) is 5.56 Å². The maximum Gasteiger partial charge on any atom is 0.417 e. The van der Waals surface area contributed by atoms with Gasteiger partial charge in [0.2, 0.25) is 5.58 Å². The number of carbonyl (C=O) groups is 2. The summed E-state index contributed by atoms with van der Waals surface area (Å²) < 4.78 is 18.6. The van der Waals surface area contributed by atoms with Gasteiger partial charge in [0.1, 0.15) is 0 Å². The van der Waals surface area contributed by atoms with Crippen LogP contribution in [0, 0.1) is 5.82 Å². The third-order valence-corrected chi connectivity index (χ3v) is 2.48. The molecule has 100 valence electrons. The van der Waals surface area contributed by atoms with Gasteiger partial charge in [-0.3, -0.25) is 0 Å². The quantitative estimate of drug-likeness (QED) is 0.756. The van der Waals surface area contributed by atoms with Gasteiger partial charge in [0.25, 0.3) is 0 Å². The fraction of sp³-hybridized carbons (Fsp3) is 0.100. The molecule has 2 amide bonds. The van der Waals surface area contributed by atoms with Crippen molar-refractivity contribution in [3.05, 3.63) is 23.5 Å². The molecule has 0 fully saturated rings. The molecule has 0 radical (unpaired) electrons. The highest BCUT2D eigenvalue weighted by atomic mass is 19.1. The van der Waals surface area contributed by atoms with Gasteiger partial charge < -0.3 is 20.5 Å². The van der Waals surface area contributed by atoms with Gasteiger partial charge in [0.05, 0.1) is 11.9 Å². The molecule has 4 N–H and O–H groups in total. The number of nitrogens with zero attached hydrogens (tertiary/aromatic N) is 2. The van der Waals surface area contributed by atoms with Gasteiger partial charge in [-0.05, 0) is 6.07 Å². The number of anilines is 1. The maximum absolute atomic E-state index is 14.0. The highest BCUT2D eigenvalue weighted by molar-refractivity contribution is 5.88. The van der Waals surface area contributed by atoms with E-state index in [9.17, 15) is 14.0 Å². The van der Waals surface area contributed by atoms with Crippen molar-refractivity contribution in [2.24, 2.45) is 0 Å². The van der Waals surface area contributed by atoms with E-state index in [1.165, 1.54) is 12.1 Å². The van der Waals surface area contributed by atoms with Crippen LogP contribution in [0.4, 0.5) is 19.8 Å².